The monoisotopic (exact) mass is 440 g/mol. The first-order chi connectivity index (χ1) is 15.4. The van der Waals surface area contributed by atoms with Crippen molar-refractivity contribution in [3.05, 3.63) is 59.7 Å². The van der Waals surface area contributed by atoms with Gasteiger partial charge in [-0.15, -0.1) is 0 Å². The maximum absolute atomic E-state index is 12.3. The number of carbonyl (C=O) groups excluding carboxylic acids is 3. The van der Waals surface area contributed by atoms with Crippen molar-refractivity contribution in [1.82, 2.24) is 5.32 Å². The highest BCUT2D eigenvalue weighted by Gasteiger charge is 2.10. The Kier molecular flexibility index (Phi) is 9.70. The predicted octanol–water partition coefficient (Wildman–Crippen LogP) is 2.60. The Morgan fingerprint density at radius 3 is 2.34 bits per heavy atom. The first-order valence-corrected chi connectivity index (χ1v) is 10.3. The number of carbonyl (C=O) groups is 3. The molecule has 2 rings (SSSR count). The minimum Gasteiger partial charge on any atom is -0.456 e. The van der Waals surface area contributed by atoms with Crippen LogP contribution in [0.4, 0.5) is 5.69 Å². The quantitative estimate of drug-likeness (QED) is 0.138. The van der Waals surface area contributed by atoms with E-state index in [0.717, 1.165) is 18.4 Å². The van der Waals surface area contributed by atoms with Crippen molar-refractivity contribution in [3.8, 4) is 5.75 Å². The summed E-state index contributed by atoms with van der Waals surface area (Å²) in [4.78, 5) is 35.6. The van der Waals surface area contributed by atoms with Crippen molar-refractivity contribution < 1.29 is 23.9 Å². The van der Waals surface area contributed by atoms with Gasteiger partial charge in [-0.25, -0.2) is 4.79 Å². The molecule has 0 aliphatic heterocycles. The van der Waals surface area contributed by atoms with Crippen LogP contribution in [0.15, 0.2) is 48.5 Å². The molecule has 0 aliphatic carbocycles. The third kappa shape index (κ3) is 8.86. The minimum atomic E-state index is -0.520. The van der Waals surface area contributed by atoms with Gasteiger partial charge < -0.3 is 25.8 Å². The van der Waals surface area contributed by atoms with Gasteiger partial charge in [0.15, 0.2) is 12.6 Å². The number of ether oxygens (including phenoxy) is 2. The van der Waals surface area contributed by atoms with Gasteiger partial charge >= 0.3 is 11.9 Å². The summed E-state index contributed by atoms with van der Waals surface area (Å²) in [5, 5.41) is 12.5. The number of nitrogens with two attached hydrogens (primary N) is 1. The van der Waals surface area contributed by atoms with Crippen LogP contribution in [0.25, 0.3) is 0 Å². The molecular formula is C23H28N4O5. The van der Waals surface area contributed by atoms with Crippen molar-refractivity contribution >= 4 is 29.5 Å². The summed E-state index contributed by atoms with van der Waals surface area (Å²) in [5.74, 6) is -1.10. The van der Waals surface area contributed by atoms with E-state index < -0.39 is 11.9 Å². The van der Waals surface area contributed by atoms with E-state index in [9.17, 15) is 14.4 Å². The molecular weight excluding hydrogens is 412 g/mol. The molecule has 0 atom stereocenters. The van der Waals surface area contributed by atoms with E-state index in [1.165, 1.54) is 0 Å². The van der Waals surface area contributed by atoms with Crippen LogP contribution < -0.4 is 21.1 Å². The molecule has 9 nitrogen and oxygen atoms in total. The molecule has 5 N–H and O–H groups in total. The van der Waals surface area contributed by atoms with E-state index in [-0.39, 0.29) is 24.9 Å². The van der Waals surface area contributed by atoms with Crippen LogP contribution in [0, 0.1) is 5.41 Å². The van der Waals surface area contributed by atoms with E-state index >= 15 is 0 Å². The van der Waals surface area contributed by atoms with Crippen molar-refractivity contribution in [3.63, 3.8) is 0 Å². The number of hydrogen-bond donors (Lipinski definition) is 4. The smallest absolute Gasteiger partial charge is 0.343 e. The predicted molar refractivity (Wildman–Crippen MR) is 121 cm³/mol. The maximum atomic E-state index is 12.3. The molecule has 2 aromatic carbocycles. The average Bonchev–Trinajstić information content (AvgIpc) is 2.77. The Hall–Kier alpha value is -3.88. The number of aryl methyl sites for hydroxylation is 1. The van der Waals surface area contributed by atoms with Crippen molar-refractivity contribution in [2.75, 3.05) is 18.5 Å². The number of amides is 1. The number of hydrogen-bond acceptors (Lipinski definition) is 6. The summed E-state index contributed by atoms with van der Waals surface area (Å²) in [5.41, 5.74) is 7.07. The number of anilines is 1. The number of unbranched alkanes of at least 4 members (excludes halogenated alkanes) is 1. The van der Waals surface area contributed by atoms with Crippen LogP contribution in [-0.2, 0) is 20.7 Å². The Morgan fingerprint density at radius 1 is 1.03 bits per heavy atom. The number of rotatable bonds is 11. The maximum Gasteiger partial charge on any atom is 0.343 e. The second-order valence-electron chi connectivity index (χ2n) is 7.01. The zero-order chi connectivity index (χ0) is 23.3. The molecule has 170 valence electrons. The second-order valence-corrected chi connectivity index (χ2v) is 7.01. The summed E-state index contributed by atoms with van der Waals surface area (Å²) in [6.07, 6.45) is 2.44. The average molecular weight is 441 g/mol. The molecule has 0 saturated heterocycles. The SMILES string of the molecule is CCCCNC(=O)COC(=O)CCc1ccc(OC(=O)c2ccc(NC(=N)N)cc2)cc1. The molecule has 0 bridgehead atoms. The molecule has 1 amide bonds. The van der Waals surface area contributed by atoms with Gasteiger partial charge in [0, 0.05) is 18.7 Å². The number of esters is 2. The van der Waals surface area contributed by atoms with E-state index in [4.69, 9.17) is 20.6 Å². The molecule has 32 heavy (non-hydrogen) atoms. The van der Waals surface area contributed by atoms with Gasteiger partial charge in [-0.1, -0.05) is 25.5 Å². The molecule has 0 saturated carbocycles. The zero-order valence-corrected chi connectivity index (χ0v) is 18.0. The Morgan fingerprint density at radius 2 is 1.72 bits per heavy atom. The lowest BCUT2D eigenvalue weighted by Gasteiger charge is -2.08. The van der Waals surface area contributed by atoms with Crippen LogP contribution in [0.2, 0.25) is 0 Å². The molecule has 2 aromatic rings. The van der Waals surface area contributed by atoms with Crippen LogP contribution in [-0.4, -0.2) is 37.0 Å². The number of benzene rings is 2. The lowest BCUT2D eigenvalue weighted by Crippen LogP contribution is -2.29. The lowest BCUT2D eigenvalue weighted by atomic mass is 10.1. The molecule has 0 radical (unpaired) electrons. The molecule has 9 heteroatoms. The van der Waals surface area contributed by atoms with Crippen LogP contribution in [0.1, 0.15) is 42.1 Å². The van der Waals surface area contributed by atoms with Gasteiger partial charge in [0.05, 0.1) is 5.56 Å². The zero-order valence-electron chi connectivity index (χ0n) is 18.0. The van der Waals surface area contributed by atoms with Gasteiger partial charge in [0.25, 0.3) is 5.91 Å². The standard InChI is InChI=1S/C23H28N4O5/c1-2-3-14-26-20(28)15-31-21(29)13-6-16-4-11-19(12-5-16)32-22(30)17-7-9-18(10-8-17)27-23(24)25/h4-5,7-12H,2-3,6,13-15H2,1H3,(H,26,28)(H4,24,25,27). The summed E-state index contributed by atoms with van der Waals surface area (Å²) in [6, 6.07) is 13.2. The number of nitrogens with one attached hydrogen (secondary N) is 3. The van der Waals surface area contributed by atoms with Crippen LogP contribution in [0.3, 0.4) is 0 Å². The fourth-order valence-electron chi connectivity index (χ4n) is 2.66. The summed E-state index contributed by atoms with van der Waals surface area (Å²) >= 11 is 0. The Labute approximate surface area is 186 Å². The molecule has 0 spiro atoms. The normalized spacial score (nSPS) is 10.2. The molecule has 0 heterocycles. The fourth-order valence-corrected chi connectivity index (χ4v) is 2.66. The summed E-state index contributed by atoms with van der Waals surface area (Å²) in [7, 11) is 0. The minimum absolute atomic E-state index is 0.141. The lowest BCUT2D eigenvalue weighted by molar-refractivity contribution is -0.148. The highest BCUT2D eigenvalue weighted by atomic mass is 16.5. The second kappa shape index (κ2) is 12.7. The van der Waals surface area contributed by atoms with E-state index in [1.807, 2.05) is 6.92 Å². The van der Waals surface area contributed by atoms with Gasteiger partial charge in [-0.3, -0.25) is 15.0 Å². The molecule has 0 fully saturated rings. The van der Waals surface area contributed by atoms with E-state index in [1.54, 1.807) is 48.5 Å². The summed E-state index contributed by atoms with van der Waals surface area (Å²) < 4.78 is 10.3. The van der Waals surface area contributed by atoms with E-state index in [2.05, 4.69) is 10.6 Å². The third-order valence-electron chi connectivity index (χ3n) is 4.37. The summed E-state index contributed by atoms with van der Waals surface area (Å²) in [6.45, 7) is 2.33. The van der Waals surface area contributed by atoms with Crippen LogP contribution in [0.5, 0.6) is 5.75 Å². The molecule has 0 aromatic heterocycles. The largest absolute Gasteiger partial charge is 0.456 e. The van der Waals surface area contributed by atoms with Gasteiger partial charge in [0.2, 0.25) is 0 Å². The molecule has 0 unspecified atom stereocenters. The third-order valence-corrected chi connectivity index (χ3v) is 4.37. The van der Waals surface area contributed by atoms with Gasteiger partial charge in [-0.2, -0.15) is 0 Å². The first-order valence-electron chi connectivity index (χ1n) is 10.3. The van der Waals surface area contributed by atoms with Crippen molar-refractivity contribution in [2.24, 2.45) is 5.73 Å². The number of guanidine groups is 1. The highest BCUT2D eigenvalue weighted by Crippen LogP contribution is 2.16. The van der Waals surface area contributed by atoms with Crippen LogP contribution >= 0.6 is 0 Å². The topological polar surface area (TPSA) is 144 Å². The van der Waals surface area contributed by atoms with Gasteiger partial charge in [0.1, 0.15) is 5.75 Å². The Bertz CT molecular complexity index is 926. The van der Waals surface area contributed by atoms with Crippen molar-refractivity contribution in [2.45, 2.75) is 32.6 Å². The van der Waals surface area contributed by atoms with Crippen molar-refractivity contribution in [1.29, 1.82) is 5.41 Å². The fraction of sp³-hybridized carbons (Fsp3) is 0.304. The highest BCUT2D eigenvalue weighted by molar-refractivity contribution is 5.93. The molecule has 0 aliphatic rings. The van der Waals surface area contributed by atoms with Gasteiger partial charge in [-0.05, 0) is 54.8 Å². The first kappa shape index (κ1) is 24.4. The van der Waals surface area contributed by atoms with E-state index in [0.29, 0.717) is 30.0 Å². The Balaban J connectivity index is 1.75.